The van der Waals surface area contributed by atoms with Gasteiger partial charge in [-0.15, -0.1) is 10.2 Å². The van der Waals surface area contributed by atoms with Crippen molar-refractivity contribution in [2.75, 3.05) is 13.7 Å². The smallest absolute Gasteiger partial charge is 0.251 e. The Balaban J connectivity index is 1.38. The number of nitrogens with zero attached hydrogens (tertiary/aromatic N) is 4. The van der Waals surface area contributed by atoms with E-state index in [4.69, 9.17) is 9.26 Å². The molecule has 0 radical (unpaired) electrons. The average molecular weight is 473 g/mol. The van der Waals surface area contributed by atoms with E-state index in [1.165, 1.54) is 7.11 Å². The number of hydrogen-bond acceptors (Lipinski definition) is 8. The minimum absolute atomic E-state index is 0.183. The van der Waals surface area contributed by atoms with E-state index >= 15 is 0 Å². The lowest BCUT2D eigenvalue weighted by molar-refractivity contribution is 0.0882. The second kappa shape index (κ2) is 8.96. The fourth-order valence-corrected chi connectivity index (χ4v) is 4.01. The Morgan fingerprint density at radius 2 is 1.82 bits per heavy atom. The number of carbonyl (C=O) groups is 1. The monoisotopic (exact) mass is 473 g/mol. The van der Waals surface area contributed by atoms with Gasteiger partial charge >= 0.3 is 0 Å². The number of aromatic nitrogens is 4. The predicted molar refractivity (Wildman–Crippen MR) is 116 cm³/mol. The molecule has 180 valence electrons. The van der Waals surface area contributed by atoms with Gasteiger partial charge in [-0.1, -0.05) is 19.0 Å². The van der Waals surface area contributed by atoms with Gasteiger partial charge in [-0.3, -0.25) is 4.79 Å². The zero-order valence-corrected chi connectivity index (χ0v) is 19.1. The molecule has 1 amide bonds. The quantitative estimate of drug-likeness (QED) is 0.554. The summed E-state index contributed by atoms with van der Waals surface area (Å²) in [7, 11) is 1.51. The second-order valence-electron chi connectivity index (χ2n) is 9.23. The van der Waals surface area contributed by atoms with Gasteiger partial charge in [-0.2, -0.15) is 4.98 Å². The lowest BCUT2D eigenvalue weighted by atomic mass is 9.65. The number of hydrogen-bond donors (Lipinski definition) is 2. The molecule has 3 aromatic rings. The van der Waals surface area contributed by atoms with E-state index in [-0.39, 0.29) is 16.4 Å². The summed E-state index contributed by atoms with van der Waals surface area (Å²) in [5, 5.41) is 24.0. The maximum Gasteiger partial charge on any atom is 0.251 e. The van der Waals surface area contributed by atoms with E-state index < -0.39 is 23.3 Å². The average Bonchev–Trinajstić information content (AvgIpc) is 3.34. The Morgan fingerprint density at radius 1 is 1.15 bits per heavy atom. The topological polar surface area (TPSA) is 123 Å². The van der Waals surface area contributed by atoms with Crippen LogP contribution in [0.15, 0.2) is 28.8 Å². The molecule has 1 aromatic carbocycles. The summed E-state index contributed by atoms with van der Waals surface area (Å²) in [6.07, 6.45) is 3.03. The van der Waals surface area contributed by atoms with Crippen LogP contribution in [0.2, 0.25) is 0 Å². The molecule has 2 heterocycles. The van der Waals surface area contributed by atoms with Crippen molar-refractivity contribution >= 4 is 5.91 Å². The first kappa shape index (κ1) is 23.5. The molecule has 1 fully saturated rings. The van der Waals surface area contributed by atoms with Crippen LogP contribution in [0.5, 0.6) is 11.6 Å². The molecule has 1 aliphatic rings. The number of rotatable bonds is 6. The molecule has 34 heavy (non-hydrogen) atoms. The van der Waals surface area contributed by atoms with Gasteiger partial charge in [0.15, 0.2) is 17.4 Å². The summed E-state index contributed by atoms with van der Waals surface area (Å²) >= 11 is 0. The van der Waals surface area contributed by atoms with Crippen LogP contribution in [0.1, 0.15) is 55.8 Å². The van der Waals surface area contributed by atoms with Crippen LogP contribution in [0, 0.1) is 17.0 Å². The first-order valence-electron chi connectivity index (χ1n) is 10.8. The lowest BCUT2D eigenvalue weighted by Gasteiger charge is -2.41. The summed E-state index contributed by atoms with van der Waals surface area (Å²) < 4.78 is 37.7. The molecule has 1 aliphatic carbocycles. The molecule has 2 aromatic heterocycles. The number of phenolic OH excluding ortho intramolecular Hbond substituents is 1. The van der Waals surface area contributed by atoms with Gasteiger partial charge in [0.2, 0.25) is 17.6 Å². The zero-order valence-electron chi connectivity index (χ0n) is 19.1. The first-order chi connectivity index (χ1) is 16.1. The summed E-state index contributed by atoms with van der Waals surface area (Å²) in [5.74, 6) is -2.80. The molecule has 4 rings (SSSR count). The van der Waals surface area contributed by atoms with Gasteiger partial charge in [0.25, 0.3) is 5.91 Å². The number of ether oxygens (including phenoxy) is 1. The van der Waals surface area contributed by atoms with Gasteiger partial charge in [0.1, 0.15) is 5.69 Å². The fraction of sp³-hybridized carbons (Fsp3) is 0.435. The number of benzene rings is 1. The summed E-state index contributed by atoms with van der Waals surface area (Å²) in [6, 6.07) is 5.00. The van der Waals surface area contributed by atoms with Gasteiger partial charge in [-0.05, 0) is 49.3 Å². The van der Waals surface area contributed by atoms with Crippen LogP contribution < -0.4 is 10.1 Å². The van der Waals surface area contributed by atoms with Crippen LogP contribution in [-0.4, -0.2) is 45.0 Å². The lowest BCUT2D eigenvalue weighted by Crippen LogP contribution is -2.41. The molecule has 0 atom stereocenters. The molecular weight excluding hydrogens is 448 g/mol. The number of aromatic hydroxyl groups is 1. The van der Waals surface area contributed by atoms with Gasteiger partial charge < -0.3 is 19.7 Å². The maximum absolute atomic E-state index is 13.6. The fourth-order valence-electron chi connectivity index (χ4n) is 4.01. The van der Waals surface area contributed by atoms with Crippen molar-refractivity contribution < 1.29 is 27.9 Å². The van der Waals surface area contributed by atoms with E-state index in [9.17, 15) is 18.7 Å². The van der Waals surface area contributed by atoms with Crippen LogP contribution >= 0.6 is 0 Å². The number of nitrogens with one attached hydrogen (secondary N) is 1. The molecule has 0 unspecified atom stereocenters. The van der Waals surface area contributed by atoms with Crippen LogP contribution in [-0.2, 0) is 5.41 Å². The van der Waals surface area contributed by atoms with Gasteiger partial charge in [0, 0.05) is 23.6 Å². The Morgan fingerprint density at radius 3 is 2.41 bits per heavy atom. The SMILES string of the molecule is COc1ccc(-c2noc(C3(C)CCC(C)(CNC(=O)c4cc(F)c(O)c(F)c4)CC3)n2)nn1. The summed E-state index contributed by atoms with van der Waals surface area (Å²) in [5.41, 5.74) is -0.257. The molecule has 2 N–H and O–H groups in total. The maximum atomic E-state index is 13.6. The Kier molecular flexibility index (Phi) is 6.20. The van der Waals surface area contributed by atoms with Crippen molar-refractivity contribution in [2.24, 2.45) is 5.41 Å². The van der Waals surface area contributed by atoms with Crippen molar-refractivity contribution in [2.45, 2.75) is 44.9 Å². The number of carbonyl (C=O) groups excluding carboxylic acids is 1. The number of amides is 1. The molecular formula is C23H25F2N5O4. The van der Waals surface area contributed by atoms with Gasteiger partial charge in [0.05, 0.1) is 7.11 Å². The van der Waals surface area contributed by atoms with Crippen molar-refractivity contribution in [3.05, 3.63) is 47.4 Å². The van der Waals surface area contributed by atoms with E-state index in [1.54, 1.807) is 12.1 Å². The van der Waals surface area contributed by atoms with Crippen LogP contribution in [0.3, 0.4) is 0 Å². The highest BCUT2D eigenvalue weighted by atomic mass is 19.1. The minimum atomic E-state index is -1.18. The third-order valence-corrected chi connectivity index (χ3v) is 6.54. The molecule has 1 saturated carbocycles. The number of phenols is 1. The molecule has 0 bridgehead atoms. The number of halogens is 2. The van der Waals surface area contributed by atoms with Crippen LogP contribution in [0.4, 0.5) is 8.78 Å². The Bertz CT molecular complexity index is 1170. The van der Waals surface area contributed by atoms with Crippen molar-refractivity contribution in [3.8, 4) is 23.1 Å². The molecule has 11 heteroatoms. The predicted octanol–water partition coefficient (Wildman–Crippen LogP) is 3.79. The second-order valence-corrected chi connectivity index (χ2v) is 9.23. The third kappa shape index (κ3) is 4.68. The molecule has 0 aliphatic heterocycles. The molecule has 0 spiro atoms. The van der Waals surface area contributed by atoms with E-state index in [0.717, 1.165) is 37.8 Å². The zero-order chi connectivity index (χ0) is 24.5. The van der Waals surface area contributed by atoms with Crippen molar-refractivity contribution in [3.63, 3.8) is 0 Å². The van der Waals surface area contributed by atoms with Crippen LogP contribution in [0.25, 0.3) is 11.5 Å². The molecule has 9 nitrogen and oxygen atoms in total. The number of methoxy groups -OCH3 is 1. The standard InChI is InChI=1S/C23H25F2N5O4/c1-22(12-26-20(32)13-10-14(24)18(31)15(25)11-13)6-8-23(2,9-7-22)21-27-19(30-34-21)16-4-5-17(33-3)29-28-16/h4-5,10-11,31H,6-9,12H2,1-3H3,(H,26,32). The first-order valence-corrected chi connectivity index (χ1v) is 10.8. The highest BCUT2D eigenvalue weighted by Gasteiger charge is 2.42. The van der Waals surface area contributed by atoms with E-state index in [0.29, 0.717) is 29.8 Å². The van der Waals surface area contributed by atoms with Crippen molar-refractivity contribution in [1.82, 2.24) is 25.7 Å². The molecule has 0 saturated heterocycles. The highest BCUT2D eigenvalue weighted by Crippen LogP contribution is 2.46. The summed E-state index contributed by atoms with van der Waals surface area (Å²) in [6.45, 7) is 4.45. The minimum Gasteiger partial charge on any atom is -0.503 e. The largest absolute Gasteiger partial charge is 0.503 e. The van der Waals surface area contributed by atoms with E-state index in [2.05, 4.69) is 39.5 Å². The summed E-state index contributed by atoms with van der Waals surface area (Å²) in [4.78, 5) is 16.9. The van der Waals surface area contributed by atoms with Crippen molar-refractivity contribution in [1.29, 1.82) is 0 Å². The normalized spacial score (nSPS) is 22.4. The Hall–Kier alpha value is -3.63. The third-order valence-electron chi connectivity index (χ3n) is 6.54. The Labute approximate surface area is 194 Å². The van der Waals surface area contributed by atoms with Gasteiger partial charge in [-0.25, -0.2) is 8.78 Å². The highest BCUT2D eigenvalue weighted by molar-refractivity contribution is 5.94. The van der Waals surface area contributed by atoms with E-state index in [1.807, 2.05) is 0 Å².